The van der Waals surface area contributed by atoms with Crippen LogP contribution in [-0.2, 0) is 4.79 Å². The third-order valence-corrected chi connectivity index (χ3v) is 3.99. The number of para-hydroxylation sites is 1. The number of anilines is 1. The number of halogens is 1. The molecular weight excluding hydrogens is 415 g/mol. The summed E-state index contributed by atoms with van der Waals surface area (Å²) in [6.45, 7) is 6.65. The number of fused-ring (bicyclic) bond motifs is 1. The molecule has 1 aliphatic rings. The highest BCUT2D eigenvalue weighted by atomic mass is 127. The van der Waals surface area contributed by atoms with Crippen molar-refractivity contribution in [2.75, 3.05) is 25.0 Å². The molecule has 0 radical (unpaired) electrons. The molecular formula is C18H29IN4O. The van der Waals surface area contributed by atoms with Gasteiger partial charge in [0.2, 0.25) is 5.91 Å². The molecule has 2 rings (SSSR count). The number of unbranched alkanes of at least 4 members (excludes halogenated alkanes) is 2. The topological polar surface area (TPSA) is 65.5 Å². The van der Waals surface area contributed by atoms with Gasteiger partial charge in [-0.25, -0.2) is 0 Å². The average Bonchev–Trinajstić information content (AvgIpc) is 2.56. The lowest BCUT2D eigenvalue weighted by molar-refractivity contribution is -0.116. The first kappa shape index (κ1) is 20.7. The van der Waals surface area contributed by atoms with Gasteiger partial charge in [-0.1, -0.05) is 38.0 Å². The van der Waals surface area contributed by atoms with E-state index in [0.29, 0.717) is 13.0 Å². The smallest absolute Gasteiger partial charge is 0.225 e. The van der Waals surface area contributed by atoms with E-state index in [1.54, 1.807) is 0 Å². The summed E-state index contributed by atoms with van der Waals surface area (Å²) in [6.07, 6.45) is 4.08. The van der Waals surface area contributed by atoms with Crippen LogP contribution in [0.25, 0.3) is 0 Å². The maximum Gasteiger partial charge on any atom is 0.225 e. The Morgan fingerprint density at radius 2 is 2.04 bits per heavy atom. The summed E-state index contributed by atoms with van der Waals surface area (Å²) in [6, 6.07) is 8.00. The van der Waals surface area contributed by atoms with Crippen molar-refractivity contribution in [2.45, 2.75) is 45.4 Å². The fourth-order valence-corrected chi connectivity index (χ4v) is 2.79. The van der Waals surface area contributed by atoms with Crippen molar-refractivity contribution < 1.29 is 4.79 Å². The van der Waals surface area contributed by atoms with Crippen LogP contribution in [0.1, 0.15) is 51.0 Å². The first-order chi connectivity index (χ1) is 11.2. The zero-order valence-corrected chi connectivity index (χ0v) is 16.9. The molecule has 0 aromatic heterocycles. The zero-order chi connectivity index (χ0) is 16.5. The highest BCUT2D eigenvalue weighted by molar-refractivity contribution is 14.0. The SMILES string of the molecule is CCCCCNC(=NCC1CC(=O)Nc2ccccc21)NCC.I. The summed E-state index contributed by atoms with van der Waals surface area (Å²) in [5, 5.41) is 9.57. The fraction of sp³-hybridized carbons (Fsp3) is 0.556. The summed E-state index contributed by atoms with van der Waals surface area (Å²) in [5.41, 5.74) is 2.10. The molecule has 1 atom stereocenters. The van der Waals surface area contributed by atoms with Gasteiger partial charge in [0, 0.05) is 31.1 Å². The van der Waals surface area contributed by atoms with Gasteiger partial charge in [-0.2, -0.15) is 0 Å². The van der Waals surface area contributed by atoms with E-state index < -0.39 is 0 Å². The van der Waals surface area contributed by atoms with Crippen molar-refractivity contribution in [3.63, 3.8) is 0 Å². The Kier molecular flexibility index (Phi) is 9.75. The second-order valence-electron chi connectivity index (χ2n) is 5.89. The van der Waals surface area contributed by atoms with Gasteiger partial charge in [0.1, 0.15) is 0 Å². The van der Waals surface area contributed by atoms with Gasteiger partial charge in [-0.15, -0.1) is 24.0 Å². The van der Waals surface area contributed by atoms with Crippen LogP contribution in [0.3, 0.4) is 0 Å². The van der Waals surface area contributed by atoms with E-state index in [4.69, 9.17) is 0 Å². The van der Waals surface area contributed by atoms with Crippen LogP contribution < -0.4 is 16.0 Å². The molecule has 24 heavy (non-hydrogen) atoms. The van der Waals surface area contributed by atoms with E-state index in [0.717, 1.165) is 31.2 Å². The standard InChI is InChI=1S/C18H28N4O.HI/c1-3-5-8-11-20-18(19-4-2)21-13-14-12-17(23)22-16-10-7-6-9-15(14)16;/h6-7,9-10,14H,3-5,8,11-13H2,1-2H3,(H,22,23)(H2,19,20,21);1H. The molecule has 1 aliphatic heterocycles. The lowest BCUT2D eigenvalue weighted by Crippen LogP contribution is -2.38. The Hall–Kier alpha value is -1.31. The number of nitrogens with zero attached hydrogens (tertiary/aromatic N) is 1. The minimum absolute atomic E-state index is 0. The molecule has 134 valence electrons. The maximum absolute atomic E-state index is 11.9. The van der Waals surface area contributed by atoms with Gasteiger partial charge in [-0.05, 0) is 25.0 Å². The van der Waals surface area contributed by atoms with Crippen LogP contribution >= 0.6 is 24.0 Å². The molecule has 6 heteroatoms. The molecule has 0 saturated carbocycles. The molecule has 3 N–H and O–H groups in total. The van der Waals surface area contributed by atoms with E-state index in [1.807, 2.05) is 18.2 Å². The Labute approximate surface area is 162 Å². The number of nitrogens with one attached hydrogen (secondary N) is 3. The molecule has 0 bridgehead atoms. The summed E-state index contributed by atoms with van der Waals surface area (Å²) in [7, 11) is 0. The van der Waals surface area contributed by atoms with Crippen LogP contribution in [0, 0.1) is 0 Å². The minimum atomic E-state index is 0. The number of guanidine groups is 1. The third kappa shape index (κ3) is 6.30. The maximum atomic E-state index is 11.9. The van der Waals surface area contributed by atoms with Crippen molar-refractivity contribution in [3.8, 4) is 0 Å². The highest BCUT2D eigenvalue weighted by Crippen LogP contribution is 2.31. The lowest BCUT2D eigenvalue weighted by atomic mass is 9.91. The van der Waals surface area contributed by atoms with Gasteiger partial charge in [0.15, 0.2) is 5.96 Å². The van der Waals surface area contributed by atoms with E-state index >= 15 is 0 Å². The molecule has 1 unspecified atom stereocenters. The number of hydrogen-bond donors (Lipinski definition) is 3. The predicted octanol–water partition coefficient (Wildman–Crippen LogP) is 3.48. The Balaban J connectivity index is 0.00000288. The van der Waals surface area contributed by atoms with Gasteiger partial charge >= 0.3 is 0 Å². The number of rotatable bonds is 7. The molecule has 0 spiro atoms. The third-order valence-electron chi connectivity index (χ3n) is 3.99. The number of carbonyl (C=O) groups excluding carboxylic acids is 1. The summed E-state index contributed by atoms with van der Waals surface area (Å²) < 4.78 is 0. The minimum Gasteiger partial charge on any atom is -0.357 e. The summed E-state index contributed by atoms with van der Waals surface area (Å²) in [4.78, 5) is 16.5. The lowest BCUT2D eigenvalue weighted by Gasteiger charge is -2.24. The van der Waals surface area contributed by atoms with Crippen LogP contribution in [-0.4, -0.2) is 31.5 Å². The molecule has 1 amide bonds. The summed E-state index contributed by atoms with van der Waals surface area (Å²) in [5.74, 6) is 1.06. The molecule has 1 heterocycles. The molecule has 0 fully saturated rings. The van der Waals surface area contributed by atoms with Crippen molar-refractivity contribution in [1.29, 1.82) is 0 Å². The van der Waals surface area contributed by atoms with Crippen LogP contribution in [0.5, 0.6) is 0 Å². The highest BCUT2D eigenvalue weighted by Gasteiger charge is 2.24. The van der Waals surface area contributed by atoms with Gasteiger partial charge < -0.3 is 16.0 Å². The number of carbonyl (C=O) groups is 1. The van der Waals surface area contributed by atoms with Gasteiger partial charge in [0.25, 0.3) is 0 Å². The van der Waals surface area contributed by atoms with Crippen LogP contribution in [0.15, 0.2) is 29.3 Å². The largest absolute Gasteiger partial charge is 0.357 e. The van der Waals surface area contributed by atoms with Crippen molar-refractivity contribution in [2.24, 2.45) is 4.99 Å². The number of benzene rings is 1. The Bertz CT molecular complexity index is 548. The average molecular weight is 444 g/mol. The molecule has 5 nitrogen and oxygen atoms in total. The number of hydrogen-bond acceptors (Lipinski definition) is 2. The Morgan fingerprint density at radius 3 is 2.79 bits per heavy atom. The quantitative estimate of drug-likeness (QED) is 0.261. The molecule has 1 aromatic carbocycles. The Morgan fingerprint density at radius 1 is 1.25 bits per heavy atom. The fourth-order valence-electron chi connectivity index (χ4n) is 2.79. The summed E-state index contributed by atoms with van der Waals surface area (Å²) >= 11 is 0. The van der Waals surface area contributed by atoms with E-state index in [-0.39, 0.29) is 35.8 Å². The molecule has 0 saturated heterocycles. The van der Waals surface area contributed by atoms with Crippen molar-refractivity contribution in [3.05, 3.63) is 29.8 Å². The second-order valence-corrected chi connectivity index (χ2v) is 5.89. The molecule has 0 aliphatic carbocycles. The normalized spacial score (nSPS) is 16.7. The van der Waals surface area contributed by atoms with Crippen molar-refractivity contribution in [1.82, 2.24) is 10.6 Å². The first-order valence-electron chi connectivity index (χ1n) is 8.65. The van der Waals surface area contributed by atoms with Crippen LogP contribution in [0.2, 0.25) is 0 Å². The monoisotopic (exact) mass is 444 g/mol. The number of aliphatic imine (C=N–C) groups is 1. The molecule has 1 aromatic rings. The van der Waals surface area contributed by atoms with Crippen molar-refractivity contribution >= 4 is 41.5 Å². The second kappa shape index (κ2) is 11.3. The predicted molar refractivity (Wildman–Crippen MR) is 111 cm³/mol. The van der Waals surface area contributed by atoms with Gasteiger partial charge in [-0.3, -0.25) is 9.79 Å². The zero-order valence-electron chi connectivity index (χ0n) is 14.6. The van der Waals surface area contributed by atoms with Gasteiger partial charge in [0.05, 0.1) is 6.54 Å². The van der Waals surface area contributed by atoms with E-state index in [9.17, 15) is 4.79 Å². The van der Waals surface area contributed by atoms with Crippen LogP contribution in [0.4, 0.5) is 5.69 Å². The van der Waals surface area contributed by atoms with E-state index in [1.165, 1.54) is 18.4 Å². The first-order valence-corrected chi connectivity index (χ1v) is 8.65. The van der Waals surface area contributed by atoms with E-state index in [2.05, 4.69) is 40.9 Å². The number of amides is 1.